The molecule has 1 N–H and O–H groups in total. The third-order valence-electron chi connectivity index (χ3n) is 5.88. The van der Waals surface area contributed by atoms with Gasteiger partial charge in [-0.3, -0.25) is 24.7 Å². The number of carbonyl (C=O) groups is 4. The molecule has 3 amide bonds. The van der Waals surface area contributed by atoms with Crippen LogP contribution in [-0.2, 0) is 9.59 Å². The number of ketones is 2. The Balaban J connectivity index is 1.75. The van der Waals surface area contributed by atoms with Crippen molar-refractivity contribution in [2.24, 2.45) is 0 Å². The van der Waals surface area contributed by atoms with Crippen LogP contribution in [0.25, 0.3) is 0 Å². The summed E-state index contributed by atoms with van der Waals surface area (Å²) in [5.74, 6) is 4.37. The first-order valence-electron chi connectivity index (χ1n) is 11.5. The Bertz CT molecular complexity index is 1160. The quantitative estimate of drug-likeness (QED) is 0.539. The number of methoxy groups -OCH3 is 1. The monoisotopic (exact) mass is 475 g/mol. The van der Waals surface area contributed by atoms with E-state index in [-0.39, 0.29) is 43.2 Å². The van der Waals surface area contributed by atoms with E-state index in [9.17, 15) is 19.2 Å². The number of aryl methyl sites for hydroxylation is 1. The number of pyridine rings is 1. The van der Waals surface area contributed by atoms with E-state index in [1.165, 1.54) is 24.3 Å². The summed E-state index contributed by atoms with van der Waals surface area (Å²) in [7, 11) is 1.51. The molecule has 1 fully saturated rings. The van der Waals surface area contributed by atoms with Crippen LogP contribution < -0.4 is 10.1 Å². The molecule has 1 aromatic heterocycles. The van der Waals surface area contributed by atoms with Gasteiger partial charge in [-0.05, 0) is 56.5 Å². The zero-order valence-electron chi connectivity index (χ0n) is 20.2. The van der Waals surface area contributed by atoms with Gasteiger partial charge in [-0.15, -0.1) is 5.92 Å². The van der Waals surface area contributed by atoms with Gasteiger partial charge in [0, 0.05) is 43.3 Å². The van der Waals surface area contributed by atoms with Crippen LogP contribution in [0.4, 0.5) is 4.79 Å². The van der Waals surface area contributed by atoms with Crippen molar-refractivity contribution in [2.45, 2.75) is 45.4 Å². The smallest absolute Gasteiger partial charge is 0.324 e. The first-order valence-corrected chi connectivity index (χ1v) is 11.5. The number of ether oxygens (including phenoxy) is 1. The summed E-state index contributed by atoms with van der Waals surface area (Å²) in [6, 6.07) is 7.89. The molecule has 1 aliphatic heterocycles. The number of hydrogen-bond donors (Lipinski definition) is 1. The maximum atomic E-state index is 13.2. The summed E-state index contributed by atoms with van der Waals surface area (Å²) in [6.45, 7) is 4.16. The summed E-state index contributed by atoms with van der Waals surface area (Å²) in [6.07, 6.45) is 2.45. The molecule has 182 valence electrons. The van der Waals surface area contributed by atoms with Crippen molar-refractivity contribution in [2.75, 3.05) is 20.2 Å². The largest absolute Gasteiger partial charge is 0.496 e. The molecule has 0 unspecified atom stereocenters. The van der Waals surface area contributed by atoms with Gasteiger partial charge in [0.05, 0.1) is 7.11 Å². The van der Waals surface area contributed by atoms with Gasteiger partial charge in [0.15, 0.2) is 0 Å². The SMILES string of the molecule is CC#Cc1cc(C)c(C2C(=O)CCCN(C(=O)NC(=O)c3ccccn3)CCCC2=O)c(OC)c1. The third kappa shape index (κ3) is 6.33. The van der Waals surface area contributed by atoms with Crippen molar-refractivity contribution in [3.05, 3.63) is 58.9 Å². The molecular weight excluding hydrogens is 446 g/mol. The van der Waals surface area contributed by atoms with E-state index in [1.807, 2.05) is 13.0 Å². The van der Waals surface area contributed by atoms with E-state index in [2.05, 4.69) is 22.1 Å². The Hall–Kier alpha value is -3.99. The molecule has 0 atom stereocenters. The Kier molecular flexibility index (Phi) is 8.74. The minimum Gasteiger partial charge on any atom is -0.496 e. The van der Waals surface area contributed by atoms with Gasteiger partial charge in [-0.25, -0.2) is 4.79 Å². The molecule has 35 heavy (non-hydrogen) atoms. The van der Waals surface area contributed by atoms with Crippen molar-refractivity contribution in [3.8, 4) is 17.6 Å². The van der Waals surface area contributed by atoms with Crippen molar-refractivity contribution in [3.63, 3.8) is 0 Å². The number of imide groups is 1. The lowest BCUT2D eigenvalue weighted by Crippen LogP contribution is -2.44. The van der Waals surface area contributed by atoms with Gasteiger partial charge in [-0.2, -0.15) is 0 Å². The zero-order valence-corrected chi connectivity index (χ0v) is 20.2. The van der Waals surface area contributed by atoms with Crippen LogP contribution in [0.3, 0.4) is 0 Å². The fourth-order valence-corrected chi connectivity index (χ4v) is 4.25. The Morgan fingerprint density at radius 1 is 1.11 bits per heavy atom. The number of carbonyl (C=O) groups excluding carboxylic acids is 4. The normalized spacial score (nSPS) is 15.1. The molecule has 0 radical (unpaired) electrons. The van der Waals surface area contributed by atoms with Crippen LogP contribution >= 0.6 is 0 Å². The van der Waals surface area contributed by atoms with E-state index in [0.717, 1.165) is 11.1 Å². The second kappa shape index (κ2) is 11.9. The van der Waals surface area contributed by atoms with Gasteiger partial charge in [0.25, 0.3) is 5.91 Å². The first kappa shape index (κ1) is 25.6. The highest BCUT2D eigenvalue weighted by Gasteiger charge is 2.33. The predicted octanol–water partition coefficient (Wildman–Crippen LogP) is 3.42. The summed E-state index contributed by atoms with van der Waals surface area (Å²) in [4.78, 5) is 56.8. The molecule has 0 saturated carbocycles. The summed E-state index contributed by atoms with van der Waals surface area (Å²) in [5, 5.41) is 2.33. The van der Waals surface area contributed by atoms with Crippen molar-refractivity contribution < 1.29 is 23.9 Å². The van der Waals surface area contributed by atoms with Crippen molar-refractivity contribution >= 4 is 23.5 Å². The van der Waals surface area contributed by atoms with Gasteiger partial charge < -0.3 is 9.64 Å². The van der Waals surface area contributed by atoms with Crippen LogP contribution in [0, 0.1) is 18.8 Å². The summed E-state index contributed by atoms with van der Waals surface area (Å²) in [5.41, 5.74) is 2.25. The molecule has 8 nitrogen and oxygen atoms in total. The second-order valence-corrected chi connectivity index (χ2v) is 8.32. The van der Waals surface area contributed by atoms with E-state index < -0.39 is 17.9 Å². The second-order valence-electron chi connectivity index (χ2n) is 8.32. The highest BCUT2D eigenvalue weighted by Crippen LogP contribution is 2.34. The number of rotatable bonds is 3. The maximum absolute atomic E-state index is 13.2. The zero-order chi connectivity index (χ0) is 25.4. The molecule has 3 rings (SSSR count). The lowest BCUT2D eigenvalue weighted by atomic mass is 9.83. The number of nitrogens with zero attached hydrogens (tertiary/aromatic N) is 2. The molecule has 0 bridgehead atoms. The van der Waals surface area contributed by atoms with Crippen molar-refractivity contribution in [1.29, 1.82) is 0 Å². The fourth-order valence-electron chi connectivity index (χ4n) is 4.25. The number of aromatic nitrogens is 1. The number of amides is 3. The Morgan fingerprint density at radius 2 is 1.80 bits per heavy atom. The predicted molar refractivity (Wildman–Crippen MR) is 130 cm³/mol. The third-order valence-corrected chi connectivity index (χ3v) is 5.88. The van der Waals surface area contributed by atoms with Gasteiger partial charge in [-0.1, -0.05) is 12.0 Å². The molecule has 8 heteroatoms. The Morgan fingerprint density at radius 3 is 2.37 bits per heavy atom. The van der Waals surface area contributed by atoms with Gasteiger partial charge >= 0.3 is 6.03 Å². The van der Waals surface area contributed by atoms with E-state index in [0.29, 0.717) is 24.2 Å². The topological polar surface area (TPSA) is 106 Å². The lowest BCUT2D eigenvalue weighted by Gasteiger charge is -2.26. The minimum absolute atomic E-state index is 0.119. The van der Waals surface area contributed by atoms with Crippen LogP contribution in [0.15, 0.2) is 36.5 Å². The first-order chi connectivity index (χ1) is 16.8. The van der Waals surface area contributed by atoms with E-state index in [1.54, 1.807) is 25.1 Å². The fraction of sp³-hybridized carbons (Fsp3) is 0.370. The molecule has 2 aromatic rings. The summed E-state index contributed by atoms with van der Waals surface area (Å²) >= 11 is 0. The molecule has 1 saturated heterocycles. The van der Waals surface area contributed by atoms with Crippen molar-refractivity contribution in [1.82, 2.24) is 15.2 Å². The van der Waals surface area contributed by atoms with Crippen LogP contribution in [0.1, 0.15) is 65.7 Å². The average Bonchev–Trinajstić information content (AvgIpc) is 2.84. The highest BCUT2D eigenvalue weighted by atomic mass is 16.5. The molecular formula is C27H29N3O5. The molecule has 2 heterocycles. The molecule has 1 aliphatic rings. The van der Waals surface area contributed by atoms with Gasteiger partial charge in [0.1, 0.15) is 28.9 Å². The van der Waals surface area contributed by atoms with E-state index in [4.69, 9.17) is 4.74 Å². The number of nitrogens with one attached hydrogen (secondary N) is 1. The Labute approximate surface area is 205 Å². The van der Waals surface area contributed by atoms with Crippen LogP contribution in [0.5, 0.6) is 5.75 Å². The highest BCUT2D eigenvalue weighted by molar-refractivity contribution is 6.08. The van der Waals surface area contributed by atoms with E-state index >= 15 is 0 Å². The number of benzene rings is 1. The average molecular weight is 476 g/mol. The number of Topliss-reactive ketones (excluding diaryl/α,β-unsaturated/α-hetero) is 2. The molecule has 0 aliphatic carbocycles. The standard InChI is InChI=1S/C27H29N3O5/c1-4-9-19-16-18(2)24(23(17-19)35-3)25-21(31)11-7-14-30(15-8-12-22(25)32)27(34)29-26(33)20-10-5-6-13-28-20/h5-6,10,13,16-17,25H,7-8,11-12,14-15H2,1-3H3,(H,29,33,34). The van der Waals surface area contributed by atoms with Gasteiger partial charge in [0.2, 0.25) is 0 Å². The molecule has 0 spiro atoms. The number of hydrogen-bond acceptors (Lipinski definition) is 6. The van der Waals surface area contributed by atoms with Crippen LogP contribution in [0.2, 0.25) is 0 Å². The van der Waals surface area contributed by atoms with Crippen LogP contribution in [-0.4, -0.2) is 53.6 Å². The number of urea groups is 1. The lowest BCUT2D eigenvalue weighted by molar-refractivity contribution is -0.129. The summed E-state index contributed by atoms with van der Waals surface area (Å²) < 4.78 is 5.54. The minimum atomic E-state index is -0.917. The molecule has 1 aromatic carbocycles. The maximum Gasteiger partial charge on any atom is 0.324 e.